The van der Waals surface area contributed by atoms with Gasteiger partial charge in [-0.1, -0.05) is 0 Å². The molecule has 0 fully saturated rings. The third-order valence-corrected chi connectivity index (χ3v) is 4.21. The van der Waals surface area contributed by atoms with E-state index in [-0.39, 0.29) is 0 Å². The topological polar surface area (TPSA) is 55.3 Å². The van der Waals surface area contributed by atoms with Crippen LogP contribution in [0.3, 0.4) is 0 Å². The monoisotopic (exact) mass is 311 g/mol. The van der Waals surface area contributed by atoms with Gasteiger partial charge in [-0.2, -0.15) is 0 Å². The first-order valence-electron chi connectivity index (χ1n) is 5.15. The van der Waals surface area contributed by atoms with E-state index in [1.165, 1.54) is 4.88 Å². The minimum absolute atomic E-state index is 0.626. The highest BCUT2D eigenvalue weighted by Gasteiger charge is 2.05. The molecule has 4 N–H and O–H groups in total. The van der Waals surface area contributed by atoms with Crippen LogP contribution in [0.1, 0.15) is 4.88 Å². The van der Waals surface area contributed by atoms with Gasteiger partial charge in [0.05, 0.1) is 17.9 Å². The van der Waals surface area contributed by atoms with E-state index in [0.29, 0.717) is 11.4 Å². The average Bonchev–Trinajstić information content (AvgIpc) is 2.68. The minimum Gasteiger partial charge on any atom is -0.397 e. The van der Waals surface area contributed by atoms with Crippen LogP contribution in [-0.4, -0.2) is 7.05 Å². The van der Waals surface area contributed by atoms with E-state index < -0.39 is 0 Å². The summed E-state index contributed by atoms with van der Waals surface area (Å²) in [6.07, 6.45) is 0. The van der Waals surface area contributed by atoms with Gasteiger partial charge >= 0.3 is 0 Å². The van der Waals surface area contributed by atoms with E-state index in [1.807, 2.05) is 25.2 Å². The first kappa shape index (κ1) is 12.3. The fraction of sp³-hybridized carbons (Fsp3) is 0.167. The summed E-state index contributed by atoms with van der Waals surface area (Å²) in [7, 11) is 2.04. The molecular formula is C12H14BrN3S. The minimum atomic E-state index is 0.626. The molecule has 0 radical (unpaired) electrons. The van der Waals surface area contributed by atoms with E-state index in [0.717, 1.165) is 16.7 Å². The third kappa shape index (κ3) is 2.92. The van der Waals surface area contributed by atoms with Crippen LogP contribution in [0, 0.1) is 0 Å². The van der Waals surface area contributed by atoms with Crippen molar-refractivity contribution in [2.75, 3.05) is 23.4 Å². The second-order valence-electron chi connectivity index (χ2n) is 3.90. The number of nitrogen functional groups attached to an aromatic ring is 2. The molecule has 0 aliphatic carbocycles. The van der Waals surface area contributed by atoms with Crippen LogP contribution in [0.4, 0.5) is 17.1 Å². The van der Waals surface area contributed by atoms with E-state index in [2.05, 4.69) is 32.3 Å². The van der Waals surface area contributed by atoms with Gasteiger partial charge in [-0.25, -0.2) is 0 Å². The molecule has 2 aromatic rings. The number of nitrogens with two attached hydrogens (primary N) is 2. The number of hydrogen-bond acceptors (Lipinski definition) is 4. The smallest absolute Gasteiger partial charge is 0.0568 e. The zero-order valence-electron chi connectivity index (χ0n) is 9.48. The molecule has 1 heterocycles. The Hall–Kier alpha value is -1.20. The molecule has 1 aromatic heterocycles. The highest BCUT2D eigenvalue weighted by atomic mass is 79.9. The molecule has 17 heavy (non-hydrogen) atoms. The first-order chi connectivity index (χ1) is 8.06. The number of nitrogens with zero attached hydrogens (tertiary/aromatic N) is 1. The predicted molar refractivity (Wildman–Crippen MR) is 79.4 cm³/mol. The Balaban J connectivity index is 2.14. The van der Waals surface area contributed by atoms with Crippen molar-refractivity contribution in [2.24, 2.45) is 0 Å². The summed E-state index contributed by atoms with van der Waals surface area (Å²) in [6.45, 7) is 0.861. The van der Waals surface area contributed by atoms with Crippen molar-refractivity contribution in [1.29, 1.82) is 0 Å². The average molecular weight is 312 g/mol. The highest BCUT2D eigenvalue weighted by molar-refractivity contribution is 9.10. The fourth-order valence-corrected chi connectivity index (χ4v) is 3.06. The quantitative estimate of drug-likeness (QED) is 0.855. The largest absolute Gasteiger partial charge is 0.397 e. The van der Waals surface area contributed by atoms with Crippen molar-refractivity contribution in [3.63, 3.8) is 0 Å². The lowest BCUT2D eigenvalue weighted by Gasteiger charge is -2.19. The third-order valence-electron chi connectivity index (χ3n) is 2.53. The van der Waals surface area contributed by atoms with Gasteiger partial charge in [-0.3, -0.25) is 0 Å². The van der Waals surface area contributed by atoms with E-state index >= 15 is 0 Å². The number of thiophene rings is 1. The van der Waals surface area contributed by atoms with E-state index in [1.54, 1.807) is 11.3 Å². The molecule has 2 rings (SSSR count). The van der Waals surface area contributed by atoms with Crippen LogP contribution >= 0.6 is 27.3 Å². The molecule has 0 aliphatic rings. The maximum atomic E-state index is 5.80. The normalized spacial score (nSPS) is 10.5. The Labute approximate surface area is 113 Å². The summed E-state index contributed by atoms with van der Waals surface area (Å²) in [6, 6.07) is 7.85. The Morgan fingerprint density at radius 2 is 2.00 bits per heavy atom. The second-order valence-corrected chi connectivity index (χ2v) is 5.81. The van der Waals surface area contributed by atoms with Crippen molar-refractivity contribution in [3.05, 3.63) is 39.0 Å². The predicted octanol–water partition coefficient (Wildman–Crippen LogP) is 3.31. The van der Waals surface area contributed by atoms with Crippen LogP contribution in [0.25, 0.3) is 0 Å². The molecular weight excluding hydrogens is 298 g/mol. The maximum absolute atomic E-state index is 5.80. The van der Waals surface area contributed by atoms with Crippen molar-refractivity contribution < 1.29 is 0 Å². The van der Waals surface area contributed by atoms with Gasteiger partial charge in [0.1, 0.15) is 0 Å². The Bertz CT molecular complexity index is 524. The Morgan fingerprint density at radius 1 is 1.24 bits per heavy atom. The number of halogens is 1. The number of hydrogen-bond donors (Lipinski definition) is 2. The van der Waals surface area contributed by atoms with Gasteiger partial charge in [0.15, 0.2) is 0 Å². The Morgan fingerprint density at radius 3 is 2.59 bits per heavy atom. The molecule has 1 aromatic carbocycles. The molecule has 3 nitrogen and oxygen atoms in total. The maximum Gasteiger partial charge on any atom is 0.0568 e. The molecule has 0 bridgehead atoms. The van der Waals surface area contributed by atoms with Gasteiger partial charge in [0, 0.05) is 27.5 Å². The molecule has 0 aliphatic heterocycles. The van der Waals surface area contributed by atoms with Gasteiger partial charge in [-0.15, -0.1) is 11.3 Å². The van der Waals surface area contributed by atoms with Crippen LogP contribution in [0.15, 0.2) is 34.1 Å². The van der Waals surface area contributed by atoms with Crippen LogP contribution < -0.4 is 16.4 Å². The molecule has 0 spiro atoms. The summed E-state index contributed by atoms with van der Waals surface area (Å²) in [4.78, 5) is 3.45. The standard InChI is InChI=1S/C12H14BrN3S/c1-16(6-10-4-8(13)7-17-10)9-2-3-11(14)12(15)5-9/h2-5,7H,6,14-15H2,1H3. The molecule has 90 valence electrons. The fourth-order valence-electron chi connectivity index (χ4n) is 1.56. The van der Waals surface area contributed by atoms with Crippen molar-refractivity contribution in [3.8, 4) is 0 Å². The van der Waals surface area contributed by atoms with E-state index in [4.69, 9.17) is 11.5 Å². The lowest BCUT2D eigenvalue weighted by atomic mass is 10.2. The summed E-state index contributed by atoms with van der Waals surface area (Å²) in [5.41, 5.74) is 13.8. The molecule has 0 saturated carbocycles. The Kier molecular flexibility index (Phi) is 3.59. The summed E-state index contributed by atoms with van der Waals surface area (Å²) >= 11 is 5.19. The SMILES string of the molecule is CN(Cc1cc(Br)cs1)c1ccc(N)c(N)c1. The summed E-state index contributed by atoms with van der Waals surface area (Å²) in [5, 5.41) is 2.08. The lowest BCUT2D eigenvalue weighted by molar-refractivity contribution is 0.940. The van der Waals surface area contributed by atoms with Gasteiger partial charge in [0.25, 0.3) is 0 Å². The highest BCUT2D eigenvalue weighted by Crippen LogP contribution is 2.26. The zero-order chi connectivity index (χ0) is 12.4. The van der Waals surface area contributed by atoms with Crippen LogP contribution in [0.5, 0.6) is 0 Å². The van der Waals surface area contributed by atoms with Gasteiger partial charge in [-0.05, 0) is 40.2 Å². The molecule has 0 saturated heterocycles. The van der Waals surface area contributed by atoms with Gasteiger partial charge in [0.2, 0.25) is 0 Å². The molecule has 0 atom stereocenters. The summed E-state index contributed by atoms with van der Waals surface area (Å²) in [5.74, 6) is 0. The summed E-state index contributed by atoms with van der Waals surface area (Å²) < 4.78 is 1.13. The zero-order valence-corrected chi connectivity index (χ0v) is 11.9. The second kappa shape index (κ2) is 4.98. The van der Waals surface area contributed by atoms with Crippen molar-refractivity contribution in [1.82, 2.24) is 0 Å². The van der Waals surface area contributed by atoms with Crippen LogP contribution in [-0.2, 0) is 6.54 Å². The molecule has 5 heteroatoms. The van der Waals surface area contributed by atoms with Crippen LogP contribution in [0.2, 0.25) is 0 Å². The first-order valence-corrected chi connectivity index (χ1v) is 6.82. The number of anilines is 3. The number of rotatable bonds is 3. The molecule has 0 unspecified atom stereocenters. The van der Waals surface area contributed by atoms with Crippen molar-refractivity contribution >= 4 is 44.3 Å². The lowest BCUT2D eigenvalue weighted by Crippen LogP contribution is -2.15. The van der Waals surface area contributed by atoms with E-state index in [9.17, 15) is 0 Å². The number of benzene rings is 1. The van der Waals surface area contributed by atoms with Crippen molar-refractivity contribution in [2.45, 2.75) is 6.54 Å². The molecule has 0 amide bonds. The van der Waals surface area contributed by atoms with Gasteiger partial charge < -0.3 is 16.4 Å².